The lowest BCUT2D eigenvalue weighted by molar-refractivity contribution is 1.01. The predicted octanol–water partition coefficient (Wildman–Crippen LogP) is 0.241. The molecule has 0 fully saturated rings. The third kappa shape index (κ3) is 1.20. The van der Waals surface area contributed by atoms with E-state index in [1.807, 2.05) is 12.1 Å². The van der Waals surface area contributed by atoms with Crippen molar-refractivity contribution in [2.75, 3.05) is 11.6 Å². The van der Waals surface area contributed by atoms with Gasteiger partial charge in [-0.3, -0.25) is 4.98 Å². The molecule has 0 atom stereocenters. The number of hydrogen-bond acceptors (Lipinski definition) is 4. The molecule has 0 saturated heterocycles. The highest BCUT2D eigenvalue weighted by atomic mass is 15.3. The summed E-state index contributed by atoms with van der Waals surface area (Å²) in [5.41, 5.74) is 7.21. The summed E-state index contributed by atoms with van der Waals surface area (Å²) >= 11 is 0. The van der Waals surface area contributed by atoms with Gasteiger partial charge in [0.2, 0.25) is 0 Å². The van der Waals surface area contributed by atoms with Gasteiger partial charge in [0.05, 0.1) is 0 Å². The molecule has 5 nitrogen and oxygen atoms in total. The van der Waals surface area contributed by atoms with Crippen LogP contribution in [0.1, 0.15) is 0 Å². The number of anilines is 1. The highest BCUT2D eigenvalue weighted by Gasteiger charge is 2.07. The molecule has 0 aliphatic heterocycles. The Morgan fingerprint density at radius 1 is 1.38 bits per heavy atom. The smallest absolute Gasteiger partial charge is 0.150 e. The van der Waals surface area contributed by atoms with Crippen LogP contribution in [0.2, 0.25) is 0 Å². The van der Waals surface area contributed by atoms with Gasteiger partial charge in [-0.1, -0.05) is 0 Å². The molecule has 2 aromatic heterocycles. The summed E-state index contributed by atoms with van der Waals surface area (Å²) in [4.78, 5) is 8.02. The fourth-order valence-corrected chi connectivity index (χ4v) is 1.10. The van der Waals surface area contributed by atoms with Crippen LogP contribution in [0.25, 0.3) is 11.3 Å². The second-order valence-corrected chi connectivity index (χ2v) is 2.63. The summed E-state index contributed by atoms with van der Waals surface area (Å²) in [6.07, 6.45) is 4.86. The Kier molecular flexibility index (Phi) is 1.63. The van der Waals surface area contributed by atoms with Crippen LogP contribution < -0.4 is 11.6 Å². The molecule has 0 radical (unpaired) electrons. The first-order chi connectivity index (χ1) is 6.29. The van der Waals surface area contributed by atoms with Gasteiger partial charge in [0.1, 0.15) is 12.0 Å². The van der Waals surface area contributed by atoms with Crippen LogP contribution in [-0.2, 0) is 0 Å². The first kappa shape index (κ1) is 7.60. The Balaban J connectivity index is 2.53. The number of aromatic nitrogens is 3. The number of pyridine rings is 1. The number of nitrogens with two attached hydrogens (primary N) is 2. The Morgan fingerprint density at radius 3 is 2.77 bits per heavy atom. The average molecular weight is 175 g/mol. The molecule has 0 amide bonds. The first-order valence-corrected chi connectivity index (χ1v) is 3.77. The number of nitrogens with zero attached hydrogens (tertiary/aromatic N) is 3. The maximum atomic E-state index is 5.68. The van der Waals surface area contributed by atoms with Gasteiger partial charge in [-0.05, 0) is 12.1 Å². The van der Waals surface area contributed by atoms with E-state index in [-0.39, 0.29) is 0 Å². The normalized spacial score (nSPS) is 10.2. The zero-order chi connectivity index (χ0) is 9.26. The molecule has 5 heteroatoms. The molecule has 0 aliphatic rings. The molecule has 0 aliphatic carbocycles. The van der Waals surface area contributed by atoms with Gasteiger partial charge in [-0.25, -0.2) is 9.66 Å². The largest absolute Gasteiger partial charge is 0.382 e. The van der Waals surface area contributed by atoms with Gasteiger partial charge in [-0.2, -0.15) is 0 Å². The van der Waals surface area contributed by atoms with Crippen molar-refractivity contribution in [3.8, 4) is 11.3 Å². The lowest BCUT2D eigenvalue weighted by Crippen LogP contribution is -2.09. The number of rotatable bonds is 1. The molecule has 0 spiro atoms. The molecule has 2 heterocycles. The summed E-state index contributed by atoms with van der Waals surface area (Å²) in [7, 11) is 0. The van der Waals surface area contributed by atoms with E-state index in [1.165, 1.54) is 11.0 Å². The van der Waals surface area contributed by atoms with Gasteiger partial charge >= 0.3 is 0 Å². The van der Waals surface area contributed by atoms with E-state index >= 15 is 0 Å². The first-order valence-electron chi connectivity index (χ1n) is 3.77. The van der Waals surface area contributed by atoms with Gasteiger partial charge in [0.25, 0.3) is 0 Å². The van der Waals surface area contributed by atoms with Crippen molar-refractivity contribution in [3.05, 3.63) is 30.9 Å². The topological polar surface area (TPSA) is 82.8 Å². The second-order valence-electron chi connectivity index (χ2n) is 2.63. The molecule has 66 valence electrons. The standard InChI is InChI=1S/C8H9N5/c9-8-7(12-5-13(8)10)6-2-1-3-11-4-6/h1-5H,9-10H2. The zero-order valence-electron chi connectivity index (χ0n) is 6.88. The molecule has 2 rings (SSSR count). The summed E-state index contributed by atoms with van der Waals surface area (Å²) in [5, 5.41) is 0. The van der Waals surface area contributed by atoms with Crippen LogP contribution >= 0.6 is 0 Å². The molecule has 0 saturated carbocycles. The highest BCUT2D eigenvalue weighted by Crippen LogP contribution is 2.21. The average Bonchev–Trinajstić information content (AvgIpc) is 2.49. The third-order valence-corrected chi connectivity index (χ3v) is 1.77. The second kappa shape index (κ2) is 2.78. The molecular weight excluding hydrogens is 166 g/mol. The van der Waals surface area contributed by atoms with E-state index in [0.29, 0.717) is 11.5 Å². The van der Waals surface area contributed by atoms with Crippen LogP contribution in [0.4, 0.5) is 5.82 Å². The van der Waals surface area contributed by atoms with Crippen molar-refractivity contribution in [2.24, 2.45) is 0 Å². The quantitative estimate of drug-likeness (QED) is 0.608. The third-order valence-electron chi connectivity index (χ3n) is 1.77. The molecule has 2 aromatic rings. The van der Waals surface area contributed by atoms with Crippen molar-refractivity contribution in [2.45, 2.75) is 0 Å². The Bertz CT molecular complexity index is 406. The molecule has 4 N–H and O–H groups in total. The van der Waals surface area contributed by atoms with E-state index < -0.39 is 0 Å². The minimum absolute atomic E-state index is 0.438. The van der Waals surface area contributed by atoms with E-state index in [2.05, 4.69) is 9.97 Å². The fourth-order valence-electron chi connectivity index (χ4n) is 1.10. The predicted molar refractivity (Wildman–Crippen MR) is 50.0 cm³/mol. The van der Waals surface area contributed by atoms with Crippen molar-refractivity contribution in [1.29, 1.82) is 0 Å². The van der Waals surface area contributed by atoms with E-state index in [0.717, 1.165) is 5.56 Å². The molecule has 13 heavy (non-hydrogen) atoms. The van der Waals surface area contributed by atoms with Crippen molar-refractivity contribution < 1.29 is 0 Å². The number of nitrogen functional groups attached to an aromatic ring is 2. The van der Waals surface area contributed by atoms with Gasteiger partial charge in [0.15, 0.2) is 5.82 Å². The zero-order valence-corrected chi connectivity index (χ0v) is 6.88. The van der Waals surface area contributed by atoms with Crippen LogP contribution in [0.3, 0.4) is 0 Å². The van der Waals surface area contributed by atoms with Crippen LogP contribution in [0.5, 0.6) is 0 Å². The van der Waals surface area contributed by atoms with Crippen LogP contribution in [-0.4, -0.2) is 14.6 Å². The summed E-state index contributed by atoms with van der Waals surface area (Å²) in [5.74, 6) is 5.92. The summed E-state index contributed by atoms with van der Waals surface area (Å²) < 4.78 is 1.28. The Morgan fingerprint density at radius 2 is 2.23 bits per heavy atom. The fraction of sp³-hybridized carbons (Fsp3) is 0. The minimum atomic E-state index is 0.438. The molecule has 0 bridgehead atoms. The SMILES string of the molecule is Nc1c(-c2cccnc2)ncn1N. The highest BCUT2D eigenvalue weighted by molar-refractivity contribution is 5.69. The Hall–Kier alpha value is -2.04. The minimum Gasteiger partial charge on any atom is -0.382 e. The summed E-state index contributed by atoms with van der Waals surface area (Å²) in [6.45, 7) is 0. The van der Waals surface area contributed by atoms with Crippen molar-refractivity contribution >= 4 is 5.82 Å². The van der Waals surface area contributed by atoms with E-state index in [1.54, 1.807) is 12.4 Å². The Labute approximate surface area is 75.0 Å². The maximum Gasteiger partial charge on any atom is 0.150 e. The van der Waals surface area contributed by atoms with Crippen molar-refractivity contribution in [1.82, 2.24) is 14.6 Å². The molecular formula is C8H9N5. The van der Waals surface area contributed by atoms with Crippen LogP contribution in [0, 0.1) is 0 Å². The lowest BCUT2D eigenvalue weighted by Gasteiger charge is -1.98. The monoisotopic (exact) mass is 175 g/mol. The number of hydrogen-bond donors (Lipinski definition) is 2. The van der Waals surface area contributed by atoms with Gasteiger partial charge in [0, 0.05) is 18.0 Å². The van der Waals surface area contributed by atoms with E-state index in [4.69, 9.17) is 11.6 Å². The maximum absolute atomic E-state index is 5.68. The van der Waals surface area contributed by atoms with Crippen LogP contribution in [0.15, 0.2) is 30.9 Å². The molecule has 0 aromatic carbocycles. The molecule has 0 unspecified atom stereocenters. The number of imidazole rings is 1. The van der Waals surface area contributed by atoms with Gasteiger partial charge in [-0.15, -0.1) is 0 Å². The van der Waals surface area contributed by atoms with Crippen molar-refractivity contribution in [3.63, 3.8) is 0 Å². The van der Waals surface area contributed by atoms with E-state index in [9.17, 15) is 0 Å². The summed E-state index contributed by atoms with van der Waals surface area (Å²) in [6, 6.07) is 3.70. The lowest BCUT2D eigenvalue weighted by atomic mass is 10.2. The van der Waals surface area contributed by atoms with Gasteiger partial charge < -0.3 is 11.6 Å².